The van der Waals surface area contributed by atoms with Gasteiger partial charge in [-0.25, -0.2) is 0 Å². The zero-order valence-electron chi connectivity index (χ0n) is 14.5. The first-order valence-electron chi connectivity index (χ1n) is 8.36. The molecule has 1 amide bonds. The zero-order chi connectivity index (χ0) is 20.8. The SMILES string of the molecule is N#Cc1c(NC(=O)CSc2nnc3c(Cl)cc(C(F)(F)F)cn23)sc2c1CCC2. The number of anilines is 1. The second kappa shape index (κ2) is 7.51. The Bertz CT molecular complexity index is 1160. The van der Waals surface area contributed by atoms with Crippen molar-refractivity contribution in [2.24, 2.45) is 0 Å². The molecule has 6 nitrogen and oxygen atoms in total. The van der Waals surface area contributed by atoms with Gasteiger partial charge in [0.05, 0.1) is 21.9 Å². The summed E-state index contributed by atoms with van der Waals surface area (Å²) in [6, 6.07) is 2.93. The van der Waals surface area contributed by atoms with Crippen LogP contribution in [0.4, 0.5) is 18.2 Å². The number of thiophene rings is 1. The van der Waals surface area contributed by atoms with Crippen molar-refractivity contribution in [3.63, 3.8) is 0 Å². The van der Waals surface area contributed by atoms with Gasteiger partial charge in [-0.2, -0.15) is 18.4 Å². The van der Waals surface area contributed by atoms with Gasteiger partial charge in [0.2, 0.25) is 5.91 Å². The number of aromatic nitrogens is 3. The van der Waals surface area contributed by atoms with Gasteiger partial charge in [-0.05, 0) is 30.9 Å². The number of rotatable bonds is 4. The number of carbonyl (C=O) groups excluding carboxylic acids is 1. The molecule has 3 heterocycles. The summed E-state index contributed by atoms with van der Waals surface area (Å²) in [5, 5.41) is 20.1. The van der Waals surface area contributed by atoms with Crippen LogP contribution in [0.2, 0.25) is 5.02 Å². The highest BCUT2D eigenvalue weighted by Gasteiger charge is 2.32. The second-order valence-corrected chi connectivity index (χ2v) is 8.72. The number of hydrogen-bond donors (Lipinski definition) is 1. The molecule has 0 saturated carbocycles. The number of hydrogen-bond acceptors (Lipinski definition) is 6. The van der Waals surface area contributed by atoms with Crippen LogP contribution in [-0.2, 0) is 23.8 Å². The number of halogens is 4. The number of nitrogens with zero attached hydrogens (tertiary/aromatic N) is 4. The van der Waals surface area contributed by atoms with E-state index in [2.05, 4.69) is 21.6 Å². The van der Waals surface area contributed by atoms with Crippen LogP contribution in [0.1, 0.15) is 28.0 Å². The van der Waals surface area contributed by atoms with Gasteiger partial charge in [-0.1, -0.05) is 23.4 Å². The van der Waals surface area contributed by atoms with Crippen molar-refractivity contribution < 1.29 is 18.0 Å². The topological polar surface area (TPSA) is 83.1 Å². The zero-order valence-corrected chi connectivity index (χ0v) is 16.9. The summed E-state index contributed by atoms with van der Waals surface area (Å²) < 4.78 is 40.2. The highest BCUT2D eigenvalue weighted by atomic mass is 35.5. The van der Waals surface area contributed by atoms with Crippen molar-refractivity contribution >= 4 is 51.3 Å². The maximum atomic E-state index is 13.0. The highest BCUT2D eigenvalue weighted by Crippen LogP contribution is 2.38. The number of nitriles is 1. The molecule has 1 aliphatic rings. The maximum Gasteiger partial charge on any atom is 0.417 e. The lowest BCUT2D eigenvalue weighted by molar-refractivity contribution is -0.137. The molecule has 0 spiro atoms. The molecule has 3 aromatic heterocycles. The quantitative estimate of drug-likeness (QED) is 0.581. The Kier molecular flexibility index (Phi) is 5.18. The van der Waals surface area contributed by atoms with Crippen LogP contribution in [0.25, 0.3) is 5.65 Å². The molecular formula is C17H11ClF3N5OS2. The fourth-order valence-electron chi connectivity index (χ4n) is 3.09. The minimum absolute atomic E-state index is 0.0732. The highest BCUT2D eigenvalue weighted by molar-refractivity contribution is 7.99. The third-order valence-corrected chi connectivity index (χ3v) is 6.80. The summed E-state index contributed by atoms with van der Waals surface area (Å²) in [4.78, 5) is 13.4. The summed E-state index contributed by atoms with van der Waals surface area (Å²) >= 11 is 8.20. The van der Waals surface area contributed by atoms with E-state index >= 15 is 0 Å². The number of aryl methyl sites for hydroxylation is 1. The van der Waals surface area contributed by atoms with E-state index in [1.807, 2.05) is 0 Å². The summed E-state index contributed by atoms with van der Waals surface area (Å²) in [5.74, 6) is -0.497. The number of thioether (sulfide) groups is 1. The normalized spacial score (nSPS) is 13.5. The molecule has 3 aromatic rings. The maximum absolute atomic E-state index is 13.0. The minimum atomic E-state index is -4.57. The van der Waals surface area contributed by atoms with E-state index in [4.69, 9.17) is 11.6 Å². The average Bonchev–Trinajstić information content (AvgIpc) is 3.33. The first-order chi connectivity index (χ1) is 13.8. The number of pyridine rings is 1. The van der Waals surface area contributed by atoms with Crippen LogP contribution in [-0.4, -0.2) is 26.3 Å². The molecule has 0 radical (unpaired) electrons. The number of carbonyl (C=O) groups is 1. The second-order valence-electron chi connectivity index (χ2n) is 6.26. The molecule has 0 aromatic carbocycles. The summed E-state index contributed by atoms with van der Waals surface area (Å²) in [6.07, 6.45) is -1.00. The Hall–Kier alpha value is -2.29. The Morgan fingerprint density at radius 1 is 1.41 bits per heavy atom. The summed E-state index contributed by atoms with van der Waals surface area (Å²) in [6.45, 7) is 0. The fraction of sp³-hybridized carbons (Fsp3) is 0.294. The molecule has 1 aliphatic carbocycles. The van der Waals surface area contributed by atoms with Crippen LogP contribution >= 0.6 is 34.7 Å². The fourth-order valence-corrected chi connectivity index (χ4v) is 5.30. The molecule has 0 atom stereocenters. The van der Waals surface area contributed by atoms with Crippen molar-refractivity contribution in [2.75, 3.05) is 11.1 Å². The van der Waals surface area contributed by atoms with Crippen LogP contribution < -0.4 is 5.32 Å². The molecule has 4 rings (SSSR count). The lowest BCUT2D eigenvalue weighted by atomic mass is 10.1. The van der Waals surface area contributed by atoms with E-state index in [0.29, 0.717) is 10.6 Å². The standard InChI is InChI=1S/C17H11ClF3N5OS2/c18-11-4-8(17(19,20)21)6-26-14(11)24-25-16(26)28-7-13(27)23-15-10(5-22)9-2-1-3-12(9)29-15/h4,6H,1-3,7H2,(H,23,27). The van der Waals surface area contributed by atoms with Gasteiger partial charge in [0.15, 0.2) is 10.8 Å². The van der Waals surface area contributed by atoms with Crippen LogP contribution in [0, 0.1) is 11.3 Å². The predicted molar refractivity (Wildman–Crippen MR) is 103 cm³/mol. The molecule has 12 heteroatoms. The van der Waals surface area contributed by atoms with Gasteiger partial charge >= 0.3 is 6.18 Å². The van der Waals surface area contributed by atoms with Gasteiger partial charge in [-0.15, -0.1) is 21.5 Å². The predicted octanol–water partition coefficient (Wildman–Crippen LogP) is 4.55. The Balaban J connectivity index is 1.51. The van der Waals surface area contributed by atoms with Crippen molar-refractivity contribution in [2.45, 2.75) is 30.6 Å². The first-order valence-corrected chi connectivity index (χ1v) is 10.5. The Morgan fingerprint density at radius 2 is 2.21 bits per heavy atom. The van der Waals surface area contributed by atoms with Gasteiger partial charge in [0.25, 0.3) is 0 Å². The van der Waals surface area contributed by atoms with Gasteiger partial charge < -0.3 is 5.32 Å². The van der Waals surface area contributed by atoms with Crippen molar-refractivity contribution in [3.8, 4) is 6.07 Å². The van der Waals surface area contributed by atoms with Crippen molar-refractivity contribution in [1.82, 2.24) is 14.6 Å². The Labute approximate surface area is 175 Å². The molecule has 0 saturated heterocycles. The van der Waals surface area contributed by atoms with Crippen molar-refractivity contribution in [3.05, 3.63) is 38.9 Å². The van der Waals surface area contributed by atoms with E-state index in [-0.39, 0.29) is 27.5 Å². The van der Waals surface area contributed by atoms with Crippen LogP contribution in [0.3, 0.4) is 0 Å². The van der Waals surface area contributed by atoms with E-state index in [1.54, 1.807) is 0 Å². The molecule has 0 fully saturated rings. The summed E-state index contributed by atoms with van der Waals surface area (Å²) in [5.41, 5.74) is 0.630. The van der Waals surface area contributed by atoms with Crippen molar-refractivity contribution in [1.29, 1.82) is 5.26 Å². The lowest BCUT2D eigenvalue weighted by Gasteiger charge is -2.08. The number of nitrogens with one attached hydrogen (secondary N) is 1. The molecule has 0 unspecified atom stereocenters. The van der Waals surface area contributed by atoms with E-state index in [1.165, 1.54) is 11.3 Å². The van der Waals surface area contributed by atoms with Gasteiger partial charge in [0, 0.05) is 11.1 Å². The Morgan fingerprint density at radius 3 is 2.93 bits per heavy atom. The first kappa shape index (κ1) is 20.0. The smallest absolute Gasteiger partial charge is 0.316 e. The van der Waals surface area contributed by atoms with E-state index in [9.17, 15) is 23.2 Å². The van der Waals surface area contributed by atoms with Gasteiger partial charge in [0.1, 0.15) is 11.1 Å². The molecule has 0 aliphatic heterocycles. The number of alkyl halides is 3. The molecule has 150 valence electrons. The van der Waals surface area contributed by atoms with E-state index in [0.717, 1.165) is 58.1 Å². The van der Waals surface area contributed by atoms with E-state index < -0.39 is 11.7 Å². The number of amides is 1. The summed E-state index contributed by atoms with van der Waals surface area (Å²) in [7, 11) is 0. The lowest BCUT2D eigenvalue weighted by Crippen LogP contribution is -2.14. The molecule has 1 N–H and O–H groups in total. The van der Waals surface area contributed by atoms with Crippen LogP contribution in [0.15, 0.2) is 17.4 Å². The third-order valence-electron chi connectivity index (χ3n) is 4.37. The third kappa shape index (κ3) is 3.80. The molecule has 29 heavy (non-hydrogen) atoms. The monoisotopic (exact) mass is 457 g/mol. The average molecular weight is 458 g/mol. The van der Waals surface area contributed by atoms with Crippen LogP contribution in [0.5, 0.6) is 0 Å². The molecular weight excluding hydrogens is 447 g/mol. The largest absolute Gasteiger partial charge is 0.417 e. The number of fused-ring (bicyclic) bond motifs is 2. The van der Waals surface area contributed by atoms with Gasteiger partial charge in [-0.3, -0.25) is 9.20 Å². The molecule has 0 bridgehead atoms. The minimum Gasteiger partial charge on any atom is -0.316 e.